The van der Waals surface area contributed by atoms with Crippen LogP contribution < -0.4 is 5.32 Å². The summed E-state index contributed by atoms with van der Waals surface area (Å²) in [7, 11) is 0. The summed E-state index contributed by atoms with van der Waals surface area (Å²) >= 11 is 0. The van der Waals surface area contributed by atoms with Gasteiger partial charge in [-0.25, -0.2) is 0 Å². The quantitative estimate of drug-likeness (QED) is 0.874. The molecule has 0 atom stereocenters. The number of hydrogen-bond acceptors (Lipinski definition) is 3. The van der Waals surface area contributed by atoms with Gasteiger partial charge in [-0.2, -0.15) is 0 Å². The van der Waals surface area contributed by atoms with Gasteiger partial charge in [0.2, 0.25) is 0 Å². The van der Waals surface area contributed by atoms with Gasteiger partial charge in [0, 0.05) is 12.0 Å². The van der Waals surface area contributed by atoms with Crippen LogP contribution in [0.4, 0.5) is 0 Å². The Bertz CT molecular complexity index is 373. The van der Waals surface area contributed by atoms with Crippen LogP contribution in [0.25, 0.3) is 0 Å². The van der Waals surface area contributed by atoms with Gasteiger partial charge in [0.15, 0.2) is 0 Å². The smallest absolute Gasteiger partial charge is 0.136 e. The third-order valence-electron chi connectivity index (χ3n) is 4.68. The fourth-order valence-electron chi connectivity index (χ4n) is 3.43. The second-order valence-electron chi connectivity index (χ2n) is 6.03. The Hall–Kier alpha value is -0.900. The van der Waals surface area contributed by atoms with E-state index in [4.69, 9.17) is 0 Å². The molecule has 1 aromatic rings. The molecular formula is C14H24N4. The summed E-state index contributed by atoms with van der Waals surface area (Å²) in [6, 6.07) is 0.621. The molecule has 0 spiro atoms. The highest BCUT2D eigenvalue weighted by Crippen LogP contribution is 2.36. The van der Waals surface area contributed by atoms with Crippen molar-refractivity contribution in [1.29, 1.82) is 0 Å². The van der Waals surface area contributed by atoms with Crippen LogP contribution in [0, 0.1) is 5.92 Å². The molecule has 1 saturated carbocycles. The monoisotopic (exact) mass is 248 g/mol. The van der Waals surface area contributed by atoms with Gasteiger partial charge in [-0.15, -0.1) is 10.2 Å². The minimum Gasteiger partial charge on any atom is -0.317 e. The van der Waals surface area contributed by atoms with Crippen LogP contribution in [0.15, 0.2) is 6.33 Å². The molecule has 2 aliphatic rings. The Kier molecular flexibility index (Phi) is 3.64. The highest BCUT2D eigenvalue weighted by molar-refractivity contribution is 5.01. The Labute approximate surface area is 109 Å². The van der Waals surface area contributed by atoms with Crippen LogP contribution in [0.2, 0.25) is 0 Å². The molecule has 1 aromatic heterocycles. The van der Waals surface area contributed by atoms with Crippen LogP contribution in [0.1, 0.15) is 63.2 Å². The van der Waals surface area contributed by atoms with Gasteiger partial charge in [-0.3, -0.25) is 0 Å². The zero-order valence-corrected chi connectivity index (χ0v) is 11.3. The van der Waals surface area contributed by atoms with Crippen molar-refractivity contribution >= 4 is 0 Å². The molecule has 0 unspecified atom stereocenters. The lowest BCUT2D eigenvalue weighted by Gasteiger charge is -2.29. The molecule has 100 valence electrons. The van der Waals surface area contributed by atoms with E-state index in [9.17, 15) is 0 Å². The molecule has 0 aromatic carbocycles. The highest BCUT2D eigenvalue weighted by atomic mass is 15.3. The van der Waals surface area contributed by atoms with Crippen LogP contribution in [-0.4, -0.2) is 27.9 Å². The van der Waals surface area contributed by atoms with Crippen molar-refractivity contribution in [1.82, 2.24) is 20.1 Å². The number of rotatable bonds is 2. The van der Waals surface area contributed by atoms with Crippen molar-refractivity contribution in [2.75, 3.05) is 13.1 Å². The minimum absolute atomic E-state index is 0.621. The molecule has 1 aliphatic carbocycles. The normalized spacial score (nSPS) is 30.5. The van der Waals surface area contributed by atoms with Gasteiger partial charge in [0.25, 0.3) is 0 Å². The van der Waals surface area contributed by atoms with Crippen molar-refractivity contribution < 1.29 is 0 Å². The van der Waals surface area contributed by atoms with E-state index in [1.54, 1.807) is 0 Å². The largest absolute Gasteiger partial charge is 0.317 e. The molecule has 0 bridgehead atoms. The van der Waals surface area contributed by atoms with Gasteiger partial charge >= 0.3 is 0 Å². The van der Waals surface area contributed by atoms with Crippen LogP contribution in [-0.2, 0) is 0 Å². The van der Waals surface area contributed by atoms with Crippen molar-refractivity contribution in [2.24, 2.45) is 5.92 Å². The predicted molar refractivity (Wildman–Crippen MR) is 71.5 cm³/mol. The first kappa shape index (κ1) is 12.2. The first-order chi connectivity index (χ1) is 8.84. The Balaban J connectivity index is 1.74. The van der Waals surface area contributed by atoms with Crippen molar-refractivity contribution in [3.05, 3.63) is 12.2 Å². The van der Waals surface area contributed by atoms with E-state index in [0.717, 1.165) is 19.0 Å². The van der Waals surface area contributed by atoms with E-state index in [0.29, 0.717) is 12.0 Å². The van der Waals surface area contributed by atoms with Crippen LogP contribution in [0.3, 0.4) is 0 Å². The summed E-state index contributed by atoms with van der Waals surface area (Å²) < 4.78 is 2.38. The molecule has 4 heteroatoms. The second-order valence-corrected chi connectivity index (χ2v) is 6.03. The number of nitrogens with zero attached hydrogens (tertiary/aromatic N) is 3. The lowest BCUT2D eigenvalue weighted by atomic mass is 9.82. The molecule has 1 saturated heterocycles. The first-order valence-electron chi connectivity index (χ1n) is 7.44. The molecule has 1 N–H and O–H groups in total. The minimum atomic E-state index is 0.621. The highest BCUT2D eigenvalue weighted by Gasteiger charge is 2.26. The number of hydrogen-bond donors (Lipinski definition) is 1. The topological polar surface area (TPSA) is 42.7 Å². The lowest BCUT2D eigenvalue weighted by molar-refractivity contribution is 0.310. The third kappa shape index (κ3) is 2.44. The average Bonchev–Trinajstić information content (AvgIpc) is 2.90. The van der Waals surface area contributed by atoms with E-state index in [1.165, 1.54) is 44.3 Å². The Morgan fingerprint density at radius 1 is 1.11 bits per heavy atom. The van der Waals surface area contributed by atoms with Gasteiger partial charge in [-0.05, 0) is 44.7 Å². The molecule has 2 heterocycles. The summed E-state index contributed by atoms with van der Waals surface area (Å²) in [6.45, 7) is 4.63. The van der Waals surface area contributed by atoms with Crippen molar-refractivity contribution in [3.63, 3.8) is 0 Å². The molecule has 2 fully saturated rings. The van der Waals surface area contributed by atoms with Crippen LogP contribution >= 0.6 is 0 Å². The zero-order valence-electron chi connectivity index (χ0n) is 11.3. The Morgan fingerprint density at radius 2 is 1.83 bits per heavy atom. The standard InChI is InChI=1S/C14H24N4/c1-11-2-4-12(5-3-11)14-17-16-10-18(14)13-6-8-15-9-7-13/h10-13,15H,2-9H2,1H3. The summed E-state index contributed by atoms with van der Waals surface area (Å²) in [5.74, 6) is 2.81. The summed E-state index contributed by atoms with van der Waals surface area (Å²) in [5.41, 5.74) is 0. The fraction of sp³-hybridized carbons (Fsp3) is 0.857. The fourth-order valence-corrected chi connectivity index (χ4v) is 3.43. The molecule has 0 amide bonds. The summed E-state index contributed by atoms with van der Waals surface area (Å²) in [5, 5.41) is 12.0. The summed E-state index contributed by atoms with van der Waals surface area (Å²) in [6.07, 6.45) is 9.69. The average molecular weight is 248 g/mol. The molecule has 4 nitrogen and oxygen atoms in total. The molecule has 18 heavy (non-hydrogen) atoms. The van der Waals surface area contributed by atoms with E-state index < -0.39 is 0 Å². The van der Waals surface area contributed by atoms with Gasteiger partial charge < -0.3 is 9.88 Å². The maximum Gasteiger partial charge on any atom is 0.136 e. The van der Waals surface area contributed by atoms with Gasteiger partial charge in [0.05, 0.1) is 0 Å². The number of nitrogens with one attached hydrogen (secondary N) is 1. The molecule has 3 rings (SSSR count). The predicted octanol–water partition coefficient (Wildman–Crippen LogP) is 2.50. The first-order valence-corrected chi connectivity index (χ1v) is 7.44. The SMILES string of the molecule is CC1CCC(c2nncn2C2CCNCC2)CC1. The van der Waals surface area contributed by atoms with Crippen molar-refractivity contribution in [2.45, 2.75) is 57.4 Å². The molecule has 1 aliphatic heterocycles. The second kappa shape index (κ2) is 5.39. The molecule has 0 radical (unpaired) electrons. The van der Waals surface area contributed by atoms with Crippen LogP contribution in [0.5, 0.6) is 0 Å². The van der Waals surface area contributed by atoms with Gasteiger partial charge in [-0.1, -0.05) is 19.8 Å². The van der Waals surface area contributed by atoms with E-state index in [-0.39, 0.29) is 0 Å². The maximum absolute atomic E-state index is 4.43. The zero-order chi connectivity index (χ0) is 12.4. The van der Waals surface area contributed by atoms with Gasteiger partial charge in [0.1, 0.15) is 12.2 Å². The molecular weight excluding hydrogens is 224 g/mol. The van der Waals surface area contributed by atoms with E-state index in [2.05, 4.69) is 27.0 Å². The number of aromatic nitrogens is 3. The Morgan fingerprint density at radius 3 is 2.56 bits per heavy atom. The van der Waals surface area contributed by atoms with Crippen molar-refractivity contribution in [3.8, 4) is 0 Å². The third-order valence-corrected chi connectivity index (χ3v) is 4.68. The van der Waals surface area contributed by atoms with E-state index >= 15 is 0 Å². The summed E-state index contributed by atoms with van der Waals surface area (Å²) in [4.78, 5) is 0. The maximum atomic E-state index is 4.43. The number of piperidine rings is 1. The lowest BCUT2D eigenvalue weighted by Crippen LogP contribution is -2.30. The van der Waals surface area contributed by atoms with E-state index in [1.807, 2.05) is 6.33 Å².